The number of unbranched alkanes of at least 4 members (excludes halogenated alkanes) is 4. The van der Waals surface area contributed by atoms with Gasteiger partial charge in [-0.1, -0.05) is 70.7 Å². The zero-order valence-corrected chi connectivity index (χ0v) is 13.7. The molecule has 0 radical (unpaired) electrons. The van der Waals surface area contributed by atoms with E-state index in [0.29, 0.717) is 5.92 Å². The average Bonchev–Trinajstić information content (AvgIpc) is 2.49. The molecule has 0 aromatic heterocycles. The van der Waals surface area contributed by atoms with Crippen molar-refractivity contribution in [2.45, 2.75) is 58.8 Å². The summed E-state index contributed by atoms with van der Waals surface area (Å²) in [5.74, 6) is 0.539. The Balaban J connectivity index is 2.27. The molecule has 0 aliphatic rings. The molecule has 0 atom stereocenters. The Kier molecular flexibility index (Phi) is 8.49. The molecular formula is C19H29NO. The standard InChI is InChI=1S/C19H29NO/c1-4-5-6-7-8-15-20-19(21)14-11-17-9-12-18(13-10-17)16(2)3/h9-14,16H,4-8,15H2,1-3H3,(H,20,21)/b14-11+. The molecule has 116 valence electrons. The van der Waals surface area contributed by atoms with Crippen LogP contribution < -0.4 is 5.32 Å². The topological polar surface area (TPSA) is 29.1 Å². The van der Waals surface area contributed by atoms with Crippen LogP contribution in [0.3, 0.4) is 0 Å². The third-order valence-corrected chi connectivity index (χ3v) is 3.61. The maximum atomic E-state index is 11.7. The second kappa shape index (κ2) is 10.2. The molecule has 0 unspecified atom stereocenters. The number of hydrogen-bond acceptors (Lipinski definition) is 1. The Hall–Kier alpha value is -1.57. The molecule has 0 aliphatic carbocycles. The SMILES string of the molecule is CCCCCCCNC(=O)/C=C/c1ccc(C(C)C)cc1. The zero-order chi connectivity index (χ0) is 15.5. The largest absolute Gasteiger partial charge is 0.353 e. The van der Waals surface area contributed by atoms with Gasteiger partial charge in [0, 0.05) is 12.6 Å². The van der Waals surface area contributed by atoms with Gasteiger partial charge in [-0.15, -0.1) is 0 Å². The van der Waals surface area contributed by atoms with E-state index in [1.54, 1.807) is 6.08 Å². The highest BCUT2D eigenvalue weighted by atomic mass is 16.1. The van der Waals surface area contributed by atoms with E-state index in [2.05, 4.69) is 50.4 Å². The van der Waals surface area contributed by atoms with Crippen molar-refractivity contribution in [1.29, 1.82) is 0 Å². The first-order valence-corrected chi connectivity index (χ1v) is 8.19. The lowest BCUT2D eigenvalue weighted by atomic mass is 10.0. The maximum absolute atomic E-state index is 11.7. The predicted octanol–water partition coefficient (Wildman–Crippen LogP) is 4.91. The summed E-state index contributed by atoms with van der Waals surface area (Å²) < 4.78 is 0. The van der Waals surface area contributed by atoms with Crippen LogP contribution in [0.25, 0.3) is 6.08 Å². The number of nitrogens with one attached hydrogen (secondary N) is 1. The van der Waals surface area contributed by atoms with E-state index >= 15 is 0 Å². The van der Waals surface area contributed by atoms with E-state index in [0.717, 1.165) is 18.5 Å². The van der Waals surface area contributed by atoms with Crippen LogP contribution in [-0.4, -0.2) is 12.5 Å². The lowest BCUT2D eigenvalue weighted by Crippen LogP contribution is -2.21. The van der Waals surface area contributed by atoms with Crippen LogP contribution in [0, 0.1) is 0 Å². The minimum absolute atomic E-state index is 0.00146. The van der Waals surface area contributed by atoms with E-state index in [1.165, 1.54) is 31.2 Å². The summed E-state index contributed by atoms with van der Waals surface area (Å²) in [5, 5.41) is 2.93. The van der Waals surface area contributed by atoms with Crippen LogP contribution >= 0.6 is 0 Å². The van der Waals surface area contributed by atoms with Gasteiger partial charge < -0.3 is 5.32 Å². The van der Waals surface area contributed by atoms with E-state index in [-0.39, 0.29) is 5.91 Å². The van der Waals surface area contributed by atoms with Gasteiger partial charge in [-0.2, -0.15) is 0 Å². The summed E-state index contributed by atoms with van der Waals surface area (Å²) >= 11 is 0. The van der Waals surface area contributed by atoms with Crippen LogP contribution in [0.4, 0.5) is 0 Å². The predicted molar refractivity (Wildman–Crippen MR) is 91.3 cm³/mol. The summed E-state index contributed by atoms with van der Waals surface area (Å²) in [6.07, 6.45) is 9.58. The summed E-state index contributed by atoms with van der Waals surface area (Å²) in [5.41, 5.74) is 2.39. The molecule has 0 bridgehead atoms. The number of carbonyl (C=O) groups excluding carboxylic acids is 1. The Morgan fingerprint density at radius 1 is 1.10 bits per heavy atom. The highest BCUT2D eigenvalue weighted by Gasteiger charge is 1.98. The smallest absolute Gasteiger partial charge is 0.243 e. The van der Waals surface area contributed by atoms with Gasteiger partial charge in [-0.25, -0.2) is 0 Å². The van der Waals surface area contributed by atoms with Gasteiger partial charge in [-0.05, 0) is 29.5 Å². The molecule has 2 nitrogen and oxygen atoms in total. The number of carbonyl (C=O) groups is 1. The van der Waals surface area contributed by atoms with Crippen molar-refractivity contribution < 1.29 is 4.79 Å². The van der Waals surface area contributed by atoms with Crippen LogP contribution in [0.15, 0.2) is 30.3 Å². The van der Waals surface area contributed by atoms with Crippen molar-refractivity contribution in [3.8, 4) is 0 Å². The first kappa shape index (κ1) is 17.5. The number of hydrogen-bond donors (Lipinski definition) is 1. The van der Waals surface area contributed by atoms with Crippen LogP contribution in [0.5, 0.6) is 0 Å². The second-order valence-electron chi connectivity index (χ2n) is 5.86. The van der Waals surface area contributed by atoms with Crippen molar-refractivity contribution in [3.63, 3.8) is 0 Å². The van der Waals surface area contributed by atoms with Crippen molar-refractivity contribution in [1.82, 2.24) is 5.32 Å². The molecule has 0 fully saturated rings. The molecule has 1 aromatic carbocycles. The molecule has 2 heteroatoms. The quantitative estimate of drug-likeness (QED) is 0.507. The van der Waals surface area contributed by atoms with Crippen molar-refractivity contribution >= 4 is 12.0 Å². The average molecular weight is 287 g/mol. The number of benzene rings is 1. The lowest BCUT2D eigenvalue weighted by Gasteiger charge is -2.05. The Labute approximate surface area is 129 Å². The maximum Gasteiger partial charge on any atom is 0.243 e. The molecule has 0 aliphatic heterocycles. The monoisotopic (exact) mass is 287 g/mol. The van der Waals surface area contributed by atoms with E-state index < -0.39 is 0 Å². The van der Waals surface area contributed by atoms with Gasteiger partial charge >= 0.3 is 0 Å². The first-order valence-electron chi connectivity index (χ1n) is 8.19. The van der Waals surface area contributed by atoms with Gasteiger partial charge in [0.2, 0.25) is 5.91 Å². The third-order valence-electron chi connectivity index (χ3n) is 3.61. The van der Waals surface area contributed by atoms with Crippen molar-refractivity contribution in [2.75, 3.05) is 6.54 Å². The number of amides is 1. The van der Waals surface area contributed by atoms with Crippen LogP contribution in [0.2, 0.25) is 0 Å². The van der Waals surface area contributed by atoms with Crippen LogP contribution in [-0.2, 0) is 4.79 Å². The fourth-order valence-electron chi connectivity index (χ4n) is 2.16. The van der Waals surface area contributed by atoms with Gasteiger partial charge in [0.05, 0.1) is 0 Å². The molecule has 0 saturated carbocycles. The Morgan fingerprint density at radius 2 is 1.76 bits per heavy atom. The molecule has 0 heterocycles. The zero-order valence-electron chi connectivity index (χ0n) is 13.7. The van der Waals surface area contributed by atoms with Gasteiger partial charge in [0.25, 0.3) is 0 Å². The number of rotatable bonds is 9. The Bertz CT molecular complexity index is 431. The van der Waals surface area contributed by atoms with Crippen molar-refractivity contribution in [2.24, 2.45) is 0 Å². The van der Waals surface area contributed by atoms with Crippen LogP contribution in [0.1, 0.15) is 69.9 Å². The molecule has 1 rings (SSSR count). The summed E-state index contributed by atoms with van der Waals surface area (Å²) in [4.78, 5) is 11.7. The summed E-state index contributed by atoms with van der Waals surface area (Å²) in [6, 6.07) is 8.36. The van der Waals surface area contributed by atoms with Crippen molar-refractivity contribution in [3.05, 3.63) is 41.5 Å². The fraction of sp³-hybridized carbons (Fsp3) is 0.526. The fourth-order valence-corrected chi connectivity index (χ4v) is 2.16. The molecule has 1 amide bonds. The molecule has 0 saturated heterocycles. The lowest BCUT2D eigenvalue weighted by molar-refractivity contribution is -0.116. The van der Waals surface area contributed by atoms with E-state index in [9.17, 15) is 4.79 Å². The molecule has 1 N–H and O–H groups in total. The molecule has 0 spiro atoms. The van der Waals surface area contributed by atoms with E-state index in [4.69, 9.17) is 0 Å². The van der Waals surface area contributed by atoms with E-state index in [1.807, 2.05) is 6.08 Å². The third kappa shape index (κ3) is 7.69. The summed E-state index contributed by atoms with van der Waals surface area (Å²) in [6.45, 7) is 7.34. The minimum Gasteiger partial charge on any atom is -0.353 e. The second-order valence-corrected chi connectivity index (χ2v) is 5.86. The molecule has 21 heavy (non-hydrogen) atoms. The highest BCUT2D eigenvalue weighted by molar-refractivity contribution is 5.91. The minimum atomic E-state index is -0.00146. The summed E-state index contributed by atoms with van der Waals surface area (Å²) in [7, 11) is 0. The molecular weight excluding hydrogens is 258 g/mol. The normalized spacial score (nSPS) is 11.2. The first-order chi connectivity index (χ1) is 10.1. The van der Waals surface area contributed by atoms with Gasteiger partial charge in [0.15, 0.2) is 0 Å². The molecule has 1 aromatic rings. The van der Waals surface area contributed by atoms with Gasteiger partial charge in [-0.3, -0.25) is 4.79 Å². The van der Waals surface area contributed by atoms with Gasteiger partial charge in [0.1, 0.15) is 0 Å². The highest BCUT2D eigenvalue weighted by Crippen LogP contribution is 2.15. The Morgan fingerprint density at radius 3 is 2.38 bits per heavy atom.